The van der Waals surface area contributed by atoms with Crippen LogP contribution in [0.15, 0.2) is 77.7 Å². The Bertz CT molecular complexity index is 1140. The third-order valence-electron chi connectivity index (χ3n) is 4.53. The molecule has 0 N–H and O–H groups in total. The van der Waals surface area contributed by atoms with Gasteiger partial charge in [-0.3, -0.25) is 0 Å². The number of esters is 1. The summed E-state index contributed by atoms with van der Waals surface area (Å²) in [5.74, 6) is -1.87. The fraction of sp³-hybridized carbons (Fsp3) is 0.0952. The van der Waals surface area contributed by atoms with E-state index >= 15 is 0 Å². The summed E-state index contributed by atoms with van der Waals surface area (Å²) in [6, 6.07) is 20.8. The standard InChI is InChI=1S/C21H15ClO6S/c1-26-20(23)16-12-17-18(13-19(16)29(22,24)25)28-21(27-17,14-8-4-2-5-9-14)15-10-6-3-7-11-15/h2-13H,1H3. The molecule has 0 spiro atoms. The topological polar surface area (TPSA) is 78.9 Å². The third-order valence-corrected chi connectivity index (χ3v) is 5.89. The monoisotopic (exact) mass is 430 g/mol. The van der Waals surface area contributed by atoms with E-state index < -0.39 is 25.7 Å². The van der Waals surface area contributed by atoms with Crippen molar-refractivity contribution >= 4 is 25.7 Å². The predicted molar refractivity (Wildman–Crippen MR) is 106 cm³/mol. The summed E-state index contributed by atoms with van der Waals surface area (Å²) < 4.78 is 41.1. The van der Waals surface area contributed by atoms with Crippen molar-refractivity contribution in [2.75, 3.05) is 7.11 Å². The number of carbonyl (C=O) groups excluding carboxylic acids is 1. The van der Waals surface area contributed by atoms with Gasteiger partial charge in [-0.25, -0.2) is 13.2 Å². The van der Waals surface area contributed by atoms with Gasteiger partial charge < -0.3 is 14.2 Å². The highest BCUT2D eigenvalue weighted by Crippen LogP contribution is 2.49. The van der Waals surface area contributed by atoms with Crippen LogP contribution in [0.2, 0.25) is 0 Å². The molecule has 0 saturated heterocycles. The summed E-state index contributed by atoms with van der Waals surface area (Å²) in [4.78, 5) is 11.7. The zero-order valence-electron chi connectivity index (χ0n) is 15.2. The molecule has 3 aromatic carbocycles. The number of hydrogen-bond acceptors (Lipinski definition) is 6. The van der Waals surface area contributed by atoms with Crippen molar-refractivity contribution in [1.82, 2.24) is 0 Å². The van der Waals surface area contributed by atoms with E-state index in [2.05, 4.69) is 0 Å². The van der Waals surface area contributed by atoms with Gasteiger partial charge >= 0.3 is 11.8 Å². The number of benzene rings is 3. The van der Waals surface area contributed by atoms with E-state index in [9.17, 15) is 13.2 Å². The molecule has 0 fully saturated rings. The van der Waals surface area contributed by atoms with Crippen molar-refractivity contribution in [3.8, 4) is 11.5 Å². The number of hydrogen-bond donors (Lipinski definition) is 0. The quantitative estimate of drug-likeness (QED) is 0.458. The fourth-order valence-electron chi connectivity index (χ4n) is 3.22. The molecular weight excluding hydrogens is 416 g/mol. The second-order valence-corrected chi connectivity index (χ2v) is 8.81. The van der Waals surface area contributed by atoms with Gasteiger partial charge in [0.15, 0.2) is 11.5 Å². The van der Waals surface area contributed by atoms with Crippen LogP contribution in [0.4, 0.5) is 0 Å². The minimum atomic E-state index is -4.24. The number of ether oxygens (including phenoxy) is 3. The maximum Gasteiger partial charge on any atom is 0.339 e. The molecule has 3 aromatic rings. The molecule has 1 aliphatic rings. The van der Waals surface area contributed by atoms with Crippen LogP contribution in [-0.4, -0.2) is 21.5 Å². The maximum atomic E-state index is 12.1. The molecule has 6 nitrogen and oxygen atoms in total. The summed E-state index contributed by atoms with van der Waals surface area (Å²) >= 11 is 0. The SMILES string of the molecule is COC(=O)c1cc2c(cc1S(=O)(=O)Cl)OC(c1ccccc1)(c1ccccc1)O2. The third kappa shape index (κ3) is 3.32. The first kappa shape index (κ1) is 19.3. The van der Waals surface area contributed by atoms with Crippen LogP contribution in [0, 0.1) is 0 Å². The lowest BCUT2D eigenvalue weighted by atomic mass is 9.97. The number of carbonyl (C=O) groups is 1. The van der Waals surface area contributed by atoms with E-state index in [1.165, 1.54) is 12.1 Å². The van der Waals surface area contributed by atoms with Crippen LogP contribution in [0.1, 0.15) is 21.5 Å². The summed E-state index contributed by atoms with van der Waals surface area (Å²) in [6.45, 7) is 0. The maximum absolute atomic E-state index is 12.1. The summed E-state index contributed by atoms with van der Waals surface area (Å²) in [5.41, 5.74) is 1.15. The number of fused-ring (bicyclic) bond motifs is 1. The lowest BCUT2D eigenvalue weighted by Crippen LogP contribution is -2.36. The molecule has 0 aromatic heterocycles. The Morgan fingerprint density at radius 1 is 0.897 bits per heavy atom. The van der Waals surface area contributed by atoms with Crippen molar-refractivity contribution in [2.24, 2.45) is 0 Å². The Balaban J connectivity index is 1.93. The van der Waals surface area contributed by atoms with Crippen molar-refractivity contribution < 1.29 is 27.4 Å². The molecule has 1 heterocycles. The second kappa shape index (κ2) is 7.09. The van der Waals surface area contributed by atoms with E-state index in [0.717, 1.165) is 7.11 Å². The summed E-state index contributed by atoms with van der Waals surface area (Å²) in [6.07, 6.45) is 0. The van der Waals surface area contributed by atoms with Crippen LogP contribution < -0.4 is 9.47 Å². The smallest absolute Gasteiger partial charge is 0.339 e. The Morgan fingerprint density at radius 2 is 1.38 bits per heavy atom. The van der Waals surface area contributed by atoms with Crippen molar-refractivity contribution in [3.63, 3.8) is 0 Å². The van der Waals surface area contributed by atoms with Crippen LogP contribution >= 0.6 is 10.7 Å². The average molecular weight is 431 g/mol. The minimum absolute atomic E-state index is 0.143. The molecular formula is C21H15ClO6S. The first-order chi connectivity index (χ1) is 13.8. The Morgan fingerprint density at radius 3 is 1.83 bits per heavy atom. The first-order valence-corrected chi connectivity index (χ1v) is 10.9. The molecule has 29 heavy (non-hydrogen) atoms. The van der Waals surface area contributed by atoms with Crippen molar-refractivity contribution in [2.45, 2.75) is 10.7 Å². The first-order valence-electron chi connectivity index (χ1n) is 8.55. The molecule has 0 aliphatic carbocycles. The van der Waals surface area contributed by atoms with Gasteiger partial charge in [0.2, 0.25) is 0 Å². The molecule has 0 unspecified atom stereocenters. The molecule has 0 amide bonds. The molecule has 0 saturated carbocycles. The van der Waals surface area contributed by atoms with E-state index in [1.807, 2.05) is 60.7 Å². The molecule has 4 rings (SSSR count). The highest BCUT2D eigenvalue weighted by atomic mass is 35.7. The van der Waals surface area contributed by atoms with Gasteiger partial charge in [0.1, 0.15) is 4.90 Å². The Kier molecular flexibility index (Phi) is 4.72. The van der Waals surface area contributed by atoms with Gasteiger partial charge in [-0.2, -0.15) is 0 Å². The van der Waals surface area contributed by atoms with E-state index in [0.29, 0.717) is 11.1 Å². The molecule has 0 bridgehead atoms. The van der Waals surface area contributed by atoms with E-state index in [4.69, 9.17) is 24.9 Å². The zero-order valence-corrected chi connectivity index (χ0v) is 16.7. The highest BCUT2D eigenvalue weighted by Gasteiger charge is 2.46. The van der Waals surface area contributed by atoms with Crippen molar-refractivity contribution in [3.05, 3.63) is 89.5 Å². The van der Waals surface area contributed by atoms with Gasteiger partial charge in [0.25, 0.3) is 9.05 Å². The van der Waals surface area contributed by atoms with Gasteiger partial charge in [-0.1, -0.05) is 60.7 Å². The number of methoxy groups -OCH3 is 1. The fourth-order valence-corrected chi connectivity index (χ4v) is 4.26. The van der Waals surface area contributed by atoms with Crippen LogP contribution in [0.25, 0.3) is 0 Å². The molecule has 0 radical (unpaired) electrons. The lowest BCUT2D eigenvalue weighted by Gasteiger charge is -2.28. The summed E-state index contributed by atoms with van der Waals surface area (Å²) in [7, 11) is 2.45. The van der Waals surface area contributed by atoms with Crippen LogP contribution in [0.5, 0.6) is 11.5 Å². The van der Waals surface area contributed by atoms with Gasteiger partial charge in [0, 0.05) is 33.9 Å². The number of rotatable bonds is 4. The van der Waals surface area contributed by atoms with E-state index in [-0.39, 0.29) is 17.1 Å². The van der Waals surface area contributed by atoms with Gasteiger partial charge in [-0.15, -0.1) is 0 Å². The zero-order chi connectivity index (χ0) is 20.6. The normalized spacial score (nSPS) is 14.4. The Hall–Kier alpha value is -3.03. The number of halogens is 1. The highest BCUT2D eigenvalue weighted by molar-refractivity contribution is 8.13. The average Bonchev–Trinajstić information content (AvgIpc) is 3.13. The Labute approximate surface area is 172 Å². The molecule has 1 aliphatic heterocycles. The summed E-state index contributed by atoms with van der Waals surface area (Å²) in [5, 5.41) is 0. The molecule has 8 heteroatoms. The molecule has 0 atom stereocenters. The van der Waals surface area contributed by atoms with Crippen molar-refractivity contribution in [1.29, 1.82) is 0 Å². The van der Waals surface area contributed by atoms with Gasteiger partial charge in [-0.05, 0) is 0 Å². The largest absolute Gasteiger partial charge is 0.465 e. The van der Waals surface area contributed by atoms with Gasteiger partial charge in [0.05, 0.1) is 12.7 Å². The minimum Gasteiger partial charge on any atom is -0.465 e. The lowest BCUT2D eigenvalue weighted by molar-refractivity contribution is -0.0459. The second-order valence-electron chi connectivity index (χ2n) is 6.28. The van der Waals surface area contributed by atoms with Crippen LogP contribution in [-0.2, 0) is 19.6 Å². The molecule has 148 valence electrons. The van der Waals surface area contributed by atoms with Crippen LogP contribution in [0.3, 0.4) is 0 Å². The van der Waals surface area contributed by atoms with E-state index in [1.54, 1.807) is 0 Å². The predicted octanol–water partition coefficient (Wildman–Crippen LogP) is 4.07.